The van der Waals surface area contributed by atoms with Gasteiger partial charge in [0.2, 0.25) is 11.8 Å². The lowest BCUT2D eigenvalue weighted by Gasteiger charge is -2.02. The number of hydrogen-bond acceptors (Lipinski definition) is 5. The van der Waals surface area contributed by atoms with Gasteiger partial charge in [0.1, 0.15) is 0 Å². The number of thioether (sulfide) groups is 1. The average molecular weight is 353 g/mol. The number of amides is 1. The van der Waals surface area contributed by atoms with Crippen LogP contribution >= 0.6 is 11.8 Å². The molecule has 0 aliphatic rings. The van der Waals surface area contributed by atoms with Crippen LogP contribution in [0.5, 0.6) is 0 Å². The molecule has 25 heavy (non-hydrogen) atoms. The summed E-state index contributed by atoms with van der Waals surface area (Å²) in [6.07, 6.45) is 0.543. The molecule has 1 amide bonds. The molecular weight excluding hydrogens is 334 g/mol. The van der Waals surface area contributed by atoms with Gasteiger partial charge in [-0.2, -0.15) is 0 Å². The zero-order chi connectivity index (χ0) is 17.6. The lowest BCUT2D eigenvalue weighted by molar-refractivity contribution is -0.113. The van der Waals surface area contributed by atoms with Crippen LogP contribution in [0.15, 0.2) is 57.8 Å². The van der Waals surface area contributed by atoms with Crippen LogP contribution < -0.4 is 5.32 Å². The van der Waals surface area contributed by atoms with Crippen molar-refractivity contribution in [3.63, 3.8) is 0 Å². The molecular formula is C19H19N3O2S. The maximum absolute atomic E-state index is 12.0. The van der Waals surface area contributed by atoms with Gasteiger partial charge in [0.25, 0.3) is 0 Å². The molecule has 0 atom stereocenters. The lowest BCUT2D eigenvalue weighted by atomic mass is 10.1. The summed E-state index contributed by atoms with van der Waals surface area (Å²) < 4.78 is 5.49. The van der Waals surface area contributed by atoms with Gasteiger partial charge in [-0.25, -0.2) is 0 Å². The monoisotopic (exact) mass is 353 g/mol. The topological polar surface area (TPSA) is 68.0 Å². The van der Waals surface area contributed by atoms with Gasteiger partial charge in [-0.1, -0.05) is 52.6 Å². The van der Waals surface area contributed by atoms with Crippen molar-refractivity contribution < 1.29 is 9.21 Å². The number of anilines is 1. The van der Waals surface area contributed by atoms with Crippen LogP contribution in [0.2, 0.25) is 0 Å². The first-order valence-corrected chi connectivity index (χ1v) is 8.94. The first-order valence-electron chi connectivity index (χ1n) is 7.96. The molecule has 1 heterocycles. The molecule has 0 spiro atoms. The number of benzene rings is 2. The third kappa shape index (κ3) is 5.19. The van der Waals surface area contributed by atoms with Gasteiger partial charge in [0, 0.05) is 4.90 Å². The summed E-state index contributed by atoms with van der Waals surface area (Å²) in [6, 6.07) is 16.3. The Hall–Kier alpha value is -2.60. The standard InChI is InChI=1S/C19H19N3O2S/c1-13-3-7-15(8-4-13)11-18-21-22-19(24-18)20-17(23)12-25-16-9-5-14(2)6-10-16/h3-10H,11-12H2,1-2H3,(H,20,22,23). The average Bonchev–Trinajstić information content (AvgIpc) is 3.03. The smallest absolute Gasteiger partial charge is 0.322 e. The molecule has 0 radical (unpaired) electrons. The second kappa shape index (κ2) is 7.98. The van der Waals surface area contributed by atoms with Gasteiger partial charge in [0.05, 0.1) is 12.2 Å². The summed E-state index contributed by atoms with van der Waals surface area (Å²) in [5, 5.41) is 10.5. The first-order chi connectivity index (χ1) is 12.1. The molecule has 0 aliphatic carbocycles. The molecule has 6 heteroatoms. The van der Waals surface area contributed by atoms with Crippen LogP contribution in [0.25, 0.3) is 0 Å². The van der Waals surface area contributed by atoms with Crippen LogP contribution in [-0.4, -0.2) is 21.9 Å². The molecule has 5 nitrogen and oxygen atoms in total. The third-order valence-electron chi connectivity index (χ3n) is 3.58. The fraction of sp³-hybridized carbons (Fsp3) is 0.211. The Balaban J connectivity index is 1.51. The number of carbonyl (C=O) groups is 1. The summed E-state index contributed by atoms with van der Waals surface area (Å²) in [5.74, 6) is 0.597. The van der Waals surface area contributed by atoms with E-state index in [4.69, 9.17) is 4.42 Å². The quantitative estimate of drug-likeness (QED) is 0.678. The fourth-order valence-electron chi connectivity index (χ4n) is 2.19. The van der Waals surface area contributed by atoms with E-state index in [2.05, 4.69) is 15.5 Å². The summed E-state index contributed by atoms with van der Waals surface area (Å²) >= 11 is 1.47. The summed E-state index contributed by atoms with van der Waals surface area (Å²) in [4.78, 5) is 13.0. The van der Waals surface area contributed by atoms with Crippen molar-refractivity contribution >= 4 is 23.7 Å². The van der Waals surface area contributed by atoms with E-state index in [1.165, 1.54) is 22.9 Å². The molecule has 128 valence electrons. The number of aromatic nitrogens is 2. The van der Waals surface area contributed by atoms with E-state index in [0.717, 1.165) is 10.5 Å². The number of rotatable bonds is 6. The molecule has 0 aliphatic heterocycles. The van der Waals surface area contributed by atoms with Gasteiger partial charge in [0.15, 0.2) is 0 Å². The maximum atomic E-state index is 12.0. The van der Waals surface area contributed by atoms with Crippen LogP contribution in [0.1, 0.15) is 22.6 Å². The van der Waals surface area contributed by atoms with Crippen molar-refractivity contribution in [1.29, 1.82) is 0 Å². The number of nitrogens with zero attached hydrogens (tertiary/aromatic N) is 2. The molecule has 3 aromatic rings. The van der Waals surface area contributed by atoms with Gasteiger partial charge in [-0.05, 0) is 31.5 Å². The third-order valence-corrected chi connectivity index (χ3v) is 4.59. The van der Waals surface area contributed by atoms with Crippen molar-refractivity contribution in [2.24, 2.45) is 0 Å². The van der Waals surface area contributed by atoms with Crippen LogP contribution in [0.3, 0.4) is 0 Å². The van der Waals surface area contributed by atoms with Gasteiger partial charge in [-0.3, -0.25) is 10.1 Å². The summed E-state index contributed by atoms with van der Waals surface area (Å²) in [6.45, 7) is 4.07. The van der Waals surface area contributed by atoms with Gasteiger partial charge >= 0.3 is 6.01 Å². The highest BCUT2D eigenvalue weighted by atomic mass is 32.2. The second-order valence-electron chi connectivity index (χ2n) is 5.81. The van der Waals surface area contributed by atoms with Crippen LogP contribution in [0, 0.1) is 13.8 Å². The van der Waals surface area contributed by atoms with E-state index in [1.807, 2.05) is 62.4 Å². The molecule has 2 aromatic carbocycles. The van der Waals surface area contributed by atoms with Crippen molar-refractivity contribution in [1.82, 2.24) is 10.2 Å². The maximum Gasteiger partial charge on any atom is 0.322 e. The highest BCUT2D eigenvalue weighted by Crippen LogP contribution is 2.19. The van der Waals surface area contributed by atoms with E-state index in [1.54, 1.807) is 0 Å². The Labute approximate surface area is 150 Å². The molecule has 3 rings (SSSR count). The Bertz CT molecular complexity index is 842. The highest BCUT2D eigenvalue weighted by Gasteiger charge is 2.10. The molecule has 0 unspecified atom stereocenters. The molecule has 0 fully saturated rings. The van der Waals surface area contributed by atoms with Gasteiger partial charge < -0.3 is 4.42 Å². The predicted molar refractivity (Wildman–Crippen MR) is 98.8 cm³/mol. The second-order valence-corrected chi connectivity index (χ2v) is 6.86. The number of aryl methyl sites for hydroxylation is 2. The predicted octanol–water partition coefficient (Wildman–Crippen LogP) is 4.01. The number of nitrogens with one attached hydrogen (secondary N) is 1. The molecule has 0 saturated heterocycles. The van der Waals surface area contributed by atoms with E-state index in [9.17, 15) is 4.79 Å². The van der Waals surface area contributed by atoms with E-state index >= 15 is 0 Å². The minimum absolute atomic E-state index is 0.136. The van der Waals surface area contributed by atoms with Crippen molar-refractivity contribution in [3.8, 4) is 0 Å². The van der Waals surface area contributed by atoms with Crippen molar-refractivity contribution in [2.75, 3.05) is 11.1 Å². The molecule has 1 aromatic heterocycles. The van der Waals surface area contributed by atoms with Crippen molar-refractivity contribution in [2.45, 2.75) is 25.2 Å². The Morgan fingerprint density at radius 3 is 2.32 bits per heavy atom. The fourth-order valence-corrected chi connectivity index (χ4v) is 2.89. The van der Waals surface area contributed by atoms with Gasteiger partial charge in [-0.15, -0.1) is 16.9 Å². The van der Waals surface area contributed by atoms with Crippen LogP contribution in [0.4, 0.5) is 6.01 Å². The normalized spacial score (nSPS) is 10.6. The Morgan fingerprint density at radius 1 is 1.00 bits per heavy atom. The number of hydrogen-bond donors (Lipinski definition) is 1. The van der Waals surface area contributed by atoms with Crippen LogP contribution in [-0.2, 0) is 11.2 Å². The minimum Gasteiger partial charge on any atom is -0.407 e. The largest absolute Gasteiger partial charge is 0.407 e. The molecule has 0 saturated carbocycles. The number of carbonyl (C=O) groups excluding carboxylic acids is 1. The zero-order valence-electron chi connectivity index (χ0n) is 14.2. The first kappa shape index (κ1) is 17.2. The summed E-state index contributed by atoms with van der Waals surface area (Å²) in [5.41, 5.74) is 3.48. The minimum atomic E-state index is -0.170. The van der Waals surface area contributed by atoms with E-state index in [0.29, 0.717) is 18.1 Å². The summed E-state index contributed by atoms with van der Waals surface area (Å²) in [7, 11) is 0. The highest BCUT2D eigenvalue weighted by molar-refractivity contribution is 8.00. The molecule has 1 N–H and O–H groups in total. The molecule has 0 bridgehead atoms. The zero-order valence-corrected chi connectivity index (χ0v) is 15.0. The van der Waals surface area contributed by atoms with E-state index in [-0.39, 0.29) is 11.9 Å². The SMILES string of the molecule is Cc1ccc(Cc2nnc(NC(=O)CSc3ccc(C)cc3)o2)cc1. The Kier molecular flexibility index (Phi) is 5.50. The Morgan fingerprint density at radius 2 is 1.64 bits per heavy atom. The van der Waals surface area contributed by atoms with E-state index < -0.39 is 0 Å². The lowest BCUT2D eigenvalue weighted by Crippen LogP contribution is -2.14. The van der Waals surface area contributed by atoms with Crippen molar-refractivity contribution in [3.05, 3.63) is 71.1 Å².